The normalized spacial score (nSPS) is 12.4. The van der Waals surface area contributed by atoms with Gasteiger partial charge in [-0.15, -0.1) is 6.58 Å². The molecule has 0 rings (SSSR count). The van der Waals surface area contributed by atoms with Crippen LogP contribution in [-0.4, -0.2) is 0 Å². The van der Waals surface area contributed by atoms with Crippen LogP contribution in [0.3, 0.4) is 0 Å². The average Bonchev–Trinajstić information content (AvgIpc) is 1.85. The van der Waals surface area contributed by atoms with Gasteiger partial charge >= 0.3 is 0 Å². The van der Waals surface area contributed by atoms with Crippen molar-refractivity contribution < 1.29 is 0 Å². The summed E-state index contributed by atoms with van der Waals surface area (Å²) in [5.41, 5.74) is 1.35. The topological polar surface area (TPSA) is 0 Å². The van der Waals surface area contributed by atoms with Crippen LogP contribution in [0.1, 0.15) is 20.3 Å². The summed E-state index contributed by atoms with van der Waals surface area (Å²) in [6, 6.07) is 0. The van der Waals surface area contributed by atoms with Gasteiger partial charge in [-0.25, -0.2) is 0 Å². The van der Waals surface area contributed by atoms with Crippen molar-refractivity contribution in [3.63, 3.8) is 0 Å². The van der Waals surface area contributed by atoms with E-state index < -0.39 is 0 Å². The summed E-state index contributed by atoms with van der Waals surface area (Å²) >= 11 is 0. The fraction of sp³-hybridized carbons (Fsp3) is 0.333. The molecule has 0 aromatic rings. The summed E-state index contributed by atoms with van der Waals surface area (Å²) in [6.07, 6.45) is 9.06. The number of hydrogen-bond acceptors (Lipinski definition) is 0. The maximum atomic E-state index is 3.64. The molecular formula is C9H14. The van der Waals surface area contributed by atoms with E-state index >= 15 is 0 Å². The second-order valence-corrected chi connectivity index (χ2v) is 2.03. The van der Waals surface area contributed by atoms with Crippen molar-refractivity contribution in [2.75, 3.05) is 0 Å². The van der Waals surface area contributed by atoms with E-state index in [1.54, 1.807) is 0 Å². The van der Waals surface area contributed by atoms with Gasteiger partial charge in [0.05, 0.1) is 0 Å². The summed E-state index contributed by atoms with van der Waals surface area (Å²) in [7, 11) is 0. The number of rotatable bonds is 3. The smallest absolute Gasteiger partial charge is 0.0141 e. The lowest BCUT2D eigenvalue weighted by atomic mass is 10.2. The van der Waals surface area contributed by atoms with Crippen molar-refractivity contribution >= 4 is 0 Å². The zero-order valence-corrected chi connectivity index (χ0v) is 6.22. The minimum Gasteiger partial charge on any atom is -0.103 e. The highest BCUT2D eigenvalue weighted by Gasteiger charge is 1.78. The van der Waals surface area contributed by atoms with E-state index in [2.05, 4.69) is 19.6 Å². The Labute approximate surface area is 57.6 Å². The molecular weight excluding hydrogens is 108 g/mol. The highest BCUT2D eigenvalue weighted by Crippen LogP contribution is 1.98. The van der Waals surface area contributed by atoms with E-state index in [-0.39, 0.29) is 0 Å². The minimum atomic E-state index is 0.990. The van der Waals surface area contributed by atoms with Crippen molar-refractivity contribution in [3.05, 3.63) is 36.5 Å². The Hall–Kier alpha value is -0.780. The summed E-state index contributed by atoms with van der Waals surface area (Å²) in [4.78, 5) is 0. The lowest BCUT2D eigenvalue weighted by molar-refractivity contribution is 1.22. The van der Waals surface area contributed by atoms with Gasteiger partial charge in [-0.2, -0.15) is 0 Å². The molecule has 0 spiro atoms. The van der Waals surface area contributed by atoms with Crippen LogP contribution in [0, 0.1) is 0 Å². The molecule has 0 heteroatoms. The van der Waals surface area contributed by atoms with E-state index in [0.29, 0.717) is 0 Å². The first-order valence-electron chi connectivity index (χ1n) is 3.20. The Kier molecular flexibility index (Phi) is 4.89. The predicted molar refractivity (Wildman–Crippen MR) is 43.4 cm³/mol. The van der Waals surface area contributed by atoms with E-state index in [0.717, 1.165) is 6.42 Å². The first kappa shape index (κ1) is 8.22. The van der Waals surface area contributed by atoms with Gasteiger partial charge in [0.15, 0.2) is 0 Å². The molecule has 0 aliphatic carbocycles. The minimum absolute atomic E-state index is 0.990. The first-order chi connectivity index (χ1) is 4.31. The SMILES string of the molecule is C=CCC(C)=CC=CC. The summed E-state index contributed by atoms with van der Waals surface area (Å²) in [6.45, 7) is 7.75. The molecule has 0 unspecified atom stereocenters. The Bertz CT molecular complexity index is 127. The summed E-state index contributed by atoms with van der Waals surface area (Å²) < 4.78 is 0. The molecule has 0 radical (unpaired) electrons. The average molecular weight is 122 g/mol. The molecule has 0 fully saturated rings. The van der Waals surface area contributed by atoms with Crippen LogP contribution in [0.15, 0.2) is 36.5 Å². The van der Waals surface area contributed by atoms with Gasteiger partial charge in [-0.1, -0.05) is 29.9 Å². The fourth-order valence-corrected chi connectivity index (χ4v) is 0.556. The molecule has 0 aliphatic heterocycles. The molecule has 0 nitrogen and oxygen atoms in total. The Morgan fingerprint density at radius 2 is 2.22 bits per heavy atom. The summed E-state index contributed by atoms with van der Waals surface area (Å²) in [5.74, 6) is 0. The van der Waals surface area contributed by atoms with E-state index in [1.807, 2.05) is 25.2 Å². The van der Waals surface area contributed by atoms with Gasteiger partial charge in [-0.05, 0) is 20.3 Å². The molecule has 0 saturated carbocycles. The highest BCUT2D eigenvalue weighted by atomic mass is 13.8. The molecule has 0 aromatic heterocycles. The second-order valence-electron chi connectivity index (χ2n) is 2.03. The third-order valence-corrected chi connectivity index (χ3v) is 1.04. The number of hydrogen-bond donors (Lipinski definition) is 0. The van der Waals surface area contributed by atoms with Crippen LogP contribution in [0.5, 0.6) is 0 Å². The monoisotopic (exact) mass is 122 g/mol. The zero-order chi connectivity index (χ0) is 7.11. The van der Waals surface area contributed by atoms with Crippen LogP contribution >= 0.6 is 0 Å². The van der Waals surface area contributed by atoms with Crippen molar-refractivity contribution in [2.45, 2.75) is 20.3 Å². The zero-order valence-electron chi connectivity index (χ0n) is 6.22. The van der Waals surface area contributed by atoms with Gasteiger partial charge < -0.3 is 0 Å². The molecule has 0 N–H and O–H groups in total. The molecule has 9 heavy (non-hydrogen) atoms. The van der Waals surface area contributed by atoms with Gasteiger partial charge in [-0.3, -0.25) is 0 Å². The first-order valence-corrected chi connectivity index (χ1v) is 3.20. The molecule has 0 aliphatic rings. The molecule has 0 amide bonds. The van der Waals surface area contributed by atoms with E-state index in [9.17, 15) is 0 Å². The van der Waals surface area contributed by atoms with E-state index in [4.69, 9.17) is 0 Å². The van der Waals surface area contributed by atoms with Crippen LogP contribution in [0.25, 0.3) is 0 Å². The van der Waals surface area contributed by atoms with Crippen molar-refractivity contribution in [1.82, 2.24) is 0 Å². The predicted octanol–water partition coefficient (Wildman–Crippen LogP) is 3.08. The van der Waals surface area contributed by atoms with Crippen molar-refractivity contribution in [1.29, 1.82) is 0 Å². The molecule has 0 atom stereocenters. The third-order valence-electron chi connectivity index (χ3n) is 1.04. The van der Waals surface area contributed by atoms with Crippen LogP contribution in [0.4, 0.5) is 0 Å². The van der Waals surface area contributed by atoms with Crippen molar-refractivity contribution in [2.24, 2.45) is 0 Å². The maximum Gasteiger partial charge on any atom is -0.0141 e. The van der Waals surface area contributed by atoms with Crippen LogP contribution in [0.2, 0.25) is 0 Å². The molecule has 50 valence electrons. The Morgan fingerprint density at radius 3 is 2.67 bits per heavy atom. The summed E-state index contributed by atoms with van der Waals surface area (Å²) in [5, 5.41) is 0. The van der Waals surface area contributed by atoms with Gasteiger partial charge in [0, 0.05) is 0 Å². The molecule has 0 bridgehead atoms. The van der Waals surface area contributed by atoms with Crippen LogP contribution in [-0.2, 0) is 0 Å². The standard InChI is InChI=1S/C9H14/c1-4-6-8-9(3)7-5-2/h4-6,8H,2,7H2,1,3H3. The largest absolute Gasteiger partial charge is 0.103 e. The Morgan fingerprint density at radius 1 is 1.56 bits per heavy atom. The third kappa shape index (κ3) is 5.09. The maximum absolute atomic E-state index is 3.64. The van der Waals surface area contributed by atoms with Crippen LogP contribution < -0.4 is 0 Å². The molecule has 0 aromatic carbocycles. The second kappa shape index (κ2) is 5.36. The molecule has 0 heterocycles. The molecule has 0 saturated heterocycles. The van der Waals surface area contributed by atoms with Gasteiger partial charge in [0.25, 0.3) is 0 Å². The van der Waals surface area contributed by atoms with Gasteiger partial charge in [0.1, 0.15) is 0 Å². The number of allylic oxidation sites excluding steroid dienone is 5. The van der Waals surface area contributed by atoms with Crippen molar-refractivity contribution in [3.8, 4) is 0 Å². The quantitative estimate of drug-likeness (QED) is 0.398. The fourth-order valence-electron chi connectivity index (χ4n) is 0.556. The lowest BCUT2D eigenvalue weighted by Crippen LogP contribution is -1.68. The van der Waals surface area contributed by atoms with E-state index in [1.165, 1.54) is 5.57 Å². The van der Waals surface area contributed by atoms with Gasteiger partial charge in [0.2, 0.25) is 0 Å². The lowest BCUT2D eigenvalue weighted by Gasteiger charge is -1.88. The Balaban J connectivity index is 3.68. The highest BCUT2D eigenvalue weighted by molar-refractivity contribution is 5.11.